The van der Waals surface area contributed by atoms with E-state index in [1.165, 1.54) is 11.3 Å². The Hall–Kier alpha value is -1.00. The Bertz CT molecular complexity index is 513. The minimum atomic E-state index is 0.351. The van der Waals surface area contributed by atoms with E-state index in [-0.39, 0.29) is 0 Å². The lowest BCUT2D eigenvalue weighted by atomic mass is 10.0. The maximum atomic E-state index is 6.02. The molecular formula is C11H14ClN3S. The van der Waals surface area contributed by atoms with Gasteiger partial charge in [0.2, 0.25) is 0 Å². The van der Waals surface area contributed by atoms with Crippen LogP contribution in [0.15, 0.2) is 12.1 Å². The zero-order valence-corrected chi connectivity index (χ0v) is 11.1. The predicted octanol–water partition coefficient (Wildman–Crippen LogP) is 3.51. The van der Waals surface area contributed by atoms with Gasteiger partial charge in [-0.25, -0.2) is 0 Å². The molecule has 2 aromatic rings. The molecule has 86 valence electrons. The lowest BCUT2D eigenvalue weighted by Crippen LogP contribution is -2.00. The van der Waals surface area contributed by atoms with Crippen LogP contribution in [0.5, 0.6) is 0 Å². The minimum Gasteiger partial charge on any atom is -0.384 e. The number of nitrogens with zero attached hydrogens (tertiary/aromatic N) is 2. The van der Waals surface area contributed by atoms with Crippen LogP contribution in [0.4, 0.5) is 5.82 Å². The van der Waals surface area contributed by atoms with Crippen molar-refractivity contribution in [2.24, 2.45) is 7.05 Å². The lowest BCUT2D eigenvalue weighted by Gasteiger charge is -2.05. The molecule has 3 nitrogen and oxygen atoms in total. The zero-order valence-electron chi connectivity index (χ0n) is 9.49. The average Bonchev–Trinajstić information content (AvgIpc) is 2.73. The second kappa shape index (κ2) is 4.11. The number of nitrogens with two attached hydrogens (primary N) is 1. The molecule has 0 aliphatic heterocycles. The number of nitrogen functional groups attached to an aromatic ring is 1. The van der Waals surface area contributed by atoms with Gasteiger partial charge in [0.25, 0.3) is 0 Å². The van der Waals surface area contributed by atoms with E-state index in [2.05, 4.69) is 18.9 Å². The van der Waals surface area contributed by atoms with Crippen molar-refractivity contribution in [1.29, 1.82) is 0 Å². The summed E-state index contributed by atoms with van der Waals surface area (Å²) in [7, 11) is 1.86. The monoisotopic (exact) mass is 255 g/mol. The first kappa shape index (κ1) is 11.5. The highest BCUT2D eigenvalue weighted by Gasteiger charge is 2.19. The lowest BCUT2D eigenvalue weighted by molar-refractivity contribution is 0.780. The average molecular weight is 256 g/mol. The number of hydrogen-bond donors (Lipinski definition) is 1. The summed E-state index contributed by atoms with van der Waals surface area (Å²) >= 11 is 7.47. The topological polar surface area (TPSA) is 43.8 Å². The molecule has 0 fully saturated rings. The van der Waals surface area contributed by atoms with Crippen LogP contribution in [0, 0.1) is 0 Å². The van der Waals surface area contributed by atoms with Gasteiger partial charge in [-0.05, 0) is 18.1 Å². The summed E-state index contributed by atoms with van der Waals surface area (Å²) in [5.74, 6) is 1.08. The van der Waals surface area contributed by atoms with Gasteiger partial charge >= 0.3 is 0 Å². The van der Waals surface area contributed by atoms with E-state index >= 15 is 0 Å². The van der Waals surface area contributed by atoms with Crippen LogP contribution >= 0.6 is 22.9 Å². The molecule has 16 heavy (non-hydrogen) atoms. The Morgan fingerprint density at radius 1 is 1.44 bits per heavy atom. The SMILES string of the molecule is CC(C)c1c(-c2ccc(Cl)s2)nn(C)c1N. The fourth-order valence-electron chi connectivity index (χ4n) is 1.75. The highest BCUT2D eigenvalue weighted by molar-refractivity contribution is 7.19. The molecule has 0 bridgehead atoms. The van der Waals surface area contributed by atoms with Gasteiger partial charge in [-0.1, -0.05) is 25.4 Å². The van der Waals surface area contributed by atoms with Crippen LogP contribution < -0.4 is 5.73 Å². The van der Waals surface area contributed by atoms with E-state index in [0.29, 0.717) is 5.92 Å². The first-order valence-corrected chi connectivity index (χ1v) is 6.28. The van der Waals surface area contributed by atoms with Crippen molar-refractivity contribution in [3.8, 4) is 10.6 Å². The minimum absolute atomic E-state index is 0.351. The van der Waals surface area contributed by atoms with E-state index in [9.17, 15) is 0 Å². The number of anilines is 1. The normalized spacial score (nSPS) is 11.3. The van der Waals surface area contributed by atoms with Crippen molar-refractivity contribution in [3.63, 3.8) is 0 Å². The molecule has 0 atom stereocenters. The number of thiophene rings is 1. The van der Waals surface area contributed by atoms with Crippen molar-refractivity contribution < 1.29 is 0 Å². The van der Waals surface area contributed by atoms with Crippen molar-refractivity contribution in [2.45, 2.75) is 19.8 Å². The summed E-state index contributed by atoms with van der Waals surface area (Å²) in [6.07, 6.45) is 0. The molecule has 0 unspecified atom stereocenters. The fraction of sp³-hybridized carbons (Fsp3) is 0.364. The second-order valence-corrected chi connectivity index (χ2v) is 5.74. The van der Waals surface area contributed by atoms with E-state index in [0.717, 1.165) is 26.3 Å². The molecule has 2 N–H and O–H groups in total. The van der Waals surface area contributed by atoms with Gasteiger partial charge in [-0.2, -0.15) is 5.10 Å². The third-order valence-electron chi connectivity index (χ3n) is 2.51. The van der Waals surface area contributed by atoms with Crippen molar-refractivity contribution in [3.05, 3.63) is 22.0 Å². The summed E-state index contributed by atoms with van der Waals surface area (Å²) in [5.41, 5.74) is 8.07. The zero-order chi connectivity index (χ0) is 11.9. The molecule has 2 aromatic heterocycles. The van der Waals surface area contributed by atoms with Crippen LogP contribution in [0.1, 0.15) is 25.3 Å². The fourth-order valence-corrected chi connectivity index (χ4v) is 2.79. The number of halogens is 1. The number of aromatic nitrogens is 2. The Balaban J connectivity index is 2.60. The molecule has 2 rings (SSSR count). The van der Waals surface area contributed by atoms with Crippen LogP contribution in [0.2, 0.25) is 4.34 Å². The molecule has 0 spiro atoms. The second-order valence-electron chi connectivity index (χ2n) is 4.03. The van der Waals surface area contributed by atoms with E-state index in [4.69, 9.17) is 17.3 Å². The third-order valence-corrected chi connectivity index (χ3v) is 3.75. The maximum absolute atomic E-state index is 6.02. The first-order chi connectivity index (χ1) is 7.50. The largest absolute Gasteiger partial charge is 0.384 e. The molecule has 0 radical (unpaired) electrons. The van der Waals surface area contributed by atoms with Crippen LogP contribution in [-0.4, -0.2) is 9.78 Å². The van der Waals surface area contributed by atoms with E-state index in [1.54, 1.807) is 4.68 Å². The van der Waals surface area contributed by atoms with Crippen LogP contribution in [-0.2, 0) is 7.05 Å². The van der Waals surface area contributed by atoms with Crippen LogP contribution in [0.25, 0.3) is 10.6 Å². The van der Waals surface area contributed by atoms with E-state index in [1.807, 2.05) is 19.2 Å². The molecule has 0 aliphatic carbocycles. The summed E-state index contributed by atoms with van der Waals surface area (Å²) in [6.45, 7) is 4.23. The quantitative estimate of drug-likeness (QED) is 0.893. The van der Waals surface area contributed by atoms with E-state index < -0.39 is 0 Å². The molecule has 0 amide bonds. The molecule has 0 aliphatic rings. The molecule has 2 heterocycles. The van der Waals surface area contributed by atoms with Crippen molar-refractivity contribution in [2.75, 3.05) is 5.73 Å². The van der Waals surface area contributed by atoms with Gasteiger partial charge in [-0.15, -0.1) is 11.3 Å². The highest BCUT2D eigenvalue weighted by Crippen LogP contribution is 2.37. The van der Waals surface area contributed by atoms with Crippen molar-refractivity contribution in [1.82, 2.24) is 9.78 Å². The van der Waals surface area contributed by atoms with Crippen molar-refractivity contribution >= 4 is 28.8 Å². The van der Waals surface area contributed by atoms with Gasteiger partial charge in [-0.3, -0.25) is 4.68 Å². The third kappa shape index (κ3) is 1.83. The Labute approximate surface area is 104 Å². The van der Waals surface area contributed by atoms with Gasteiger partial charge < -0.3 is 5.73 Å². The maximum Gasteiger partial charge on any atom is 0.125 e. The van der Waals surface area contributed by atoms with Gasteiger partial charge in [0, 0.05) is 12.6 Å². The number of rotatable bonds is 2. The van der Waals surface area contributed by atoms with Gasteiger partial charge in [0.05, 0.1) is 9.21 Å². The molecule has 0 aromatic carbocycles. The molecule has 0 saturated heterocycles. The summed E-state index contributed by atoms with van der Waals surface area (Å²) in [4.78, 5) is 1.07. The standard InChI is InChI=1S/C11H14ClN3S/c1-6(2)9-10(14-15(3)11(9)13)7-4-5-8(12)16-7/h4-6H,13H2,1-3H3. The molecule has 0 saturated carbocycles. The first-order valence-electron chi connectivity index (χ1n) is 5.08. The Morgan fingerprint density at radius 2 is 2.12 bits per heavy atom. The molecule has 5 heteroatoms. The number of aryl methyl sites for hydroxylation is 1. The Morgan fingerprint density at radius 3 is 2.62 bits per heavy atom. The Kier molecular flexibility index (Phi) is 2.95. The predicted molar refractivity (Wildman–Crippen MR) is 70.0 cm³/mol. The smallest absolute Gasteiger partial charge is 0.125 e. The summed E-state index contributed by atoms with van der Waals surface area (Å²) in [5, 5.41) is 4.46. The number of hydrogen-bond acceptors (Lipinski definition) is 3. The summed E-state index contributed by atoms with van der Waals surface area (Å²) < 4.78 is 2.49. The van der Waals surface area contributed by atoms with Gasteiger partial charge in [0.15, 0.2) is 0 Å². The molecular weight excluding hydrogens is 242 g/mol. The summed E-state index contributed by atoms with van der Waals surface area (Å²) in [6, 6.07) is 3.87. The highest BCUT2D eigenvalue weighted by atomic mass is 35.5. The van der Waals surface area contributed by atoms with Gasteiger partial charge in [0.1, 0.15) is 11.5 Å². The van der Waals surface area contributed by atoms with Crippen LogP contribution in [0.3, 0.4) is 0 Å².